The molecule has 1 unspecified atom stereocenters. The molecular formula is C9H7Cl3O3. The number of rotatable bonds is 3. The summed E-state index contributed by atoms with van der Waals surface area (Å²) in [5.74, 6) is 0. The molecule has 2 N–H and O–H groups in total. The molecule has 2 atom stereocenters. The van der Waals surface area contributed by atoms with Crippen LogP contribution in [0.15, 0.2) is 18.2 Å². The third kappa shape index (κ3) is 3.33. The fourth-order valence-electron chi connectivity index (χ4n) is 1.07. The molecule has 1 aromatic rings. The first-order valence-corrected chi connectivity index (χ1v) is 5.16. The monoisotopic (exact) mass is 268 g/mol. The summed E-state index contributed by atoms with van der Waals surface area (Å²) in [7, 11) is 0. The van der Waals surface area contributed by atoms with Crippen LogP contribution in [0.4, 0.5) is 0 Å². The van der Waals surface area contributed by atoms with Crippen LogP contribution in [0, 0.1) is 0 Å². The fraction of sp³-hybridized carbons (Fsp3) is 0.222. The topological polar surface area (TPSA) is 57.5 Å². The predicted octanol–water partition coefficient (Wildman–Crippen LogP) is 2.53. The van der Waals surface area contributed by atoms with Crippen molar-refractivity contribution in [3.8, 4) is 0 Å². The van der Waals surface area contributed by atoms with Crippen LogP contribution in [-0.2, 0) is 0 Å². The first-order valence-electron chi connectivity index (χ1n) is 3.91. The molecule has 0 saturated carbocycles. The van der Waals surface area contributed by atoms with Crippen molar-refractivity contribution in [1.82, 2.24) is 0 Å². The summed E-state index contributed by atoms with van der Waals surface area (Å²) >= 11 is 16.1. The summed E-state index contributed by atoms with van der Waals surface area (Å²) in [4.78, 5) is 10.9. The van der Waals surface area contributed by atoms with Crippen LogP contribution in [-0.4, -0.2) is 15.5 Å². The lowest BCUT2D eigenvalue weighted by Gasteiger charge is -2.09. The Morgan fingerprint density at radius 3 is 1.73 bits per heavy atom. The summed E-state index contributed by atoms with van der Waals surface area (Å²) < 4.78 is 0. The molecule has 3 nitrogen and oxygen atoms in total. The minimum atomic E-state index is -1.28. The lowest BCUT2D eigenvalue weighted by molar-refractivity contribution is 0.108. The van der Waals surface area contributed by atoms with Crippen molar-refractivity contribution in [2.24, 2.45) is 0 Å². The molecule has 0 aromatic heterocycles. The van der Waals surface area contributed by atoms with Gasteiger partial charge in [0.1, 0.15) is 0 Å². The second-order valence-electron chi connectivity index (χ2n) is 2.83. The second-order valence-corrected chi connectivity index (χ2v) is 4.00. The van der Waals surface area contributed by atoms with Gasteiger partial charge < -0.3 is 10.2 Å². The van der Waals surface area contributed by atoms with E-state index in [2.05, 4.69) is 0 Å². The minimum absolute atomic E-state index is 0.114. The molecule has 0 aliphatic carbocycles. The number of hydrogen-bond donors (Lipinski definition) is 2. The van der Waals surface area contributed by atoms with Crippen molar-refractivity contribution in [3.63, 3.8) is 0 Å². The number of alkyl halides is 2. The third-order valence-corrected chi connectivity index (χ3v) is 2.48. The van der Waals surface area contributed by atoms with Crippen LogP contribution in [0.25, 0.3) is 0 Å². The fourth-order valence-corrected chi connectivity index (χ4v) is 1.43. The van der Waals surface area contributed by atoms with Gasteiger partial charge in [-0.15, -0.1) is 0 Å². The molecular weight excluding hydrogens is 262 g/mol. The van der Waals surface area contributed by atoms with Crippen LogP contribution in [0.2, 0.25) is 0 Å². The average molecular weight is 270 g/mol. The van der Waals surface area contributed by atoms with E-state index in [4.69, 9.17) is 45.0 Å². The van der Waals surface area contributed by atoms with Gasteiger partial charge in [-0.1, -0.05) is 23.2 Å². The molecule has 1 rings (SSSR count). The van der Waals surface area contributed by atoms with Gasteiger partial charge in [-0.25, -0.2) is 0 Å². The summed E-state index contributed by atoms with van der Waals surface area (Å²) in [6.45, 7) is 0. The molecule has 0 aliphatic heterocycles. The van der Waals surface area contributed by atoms with E-state index in [0.717, 1.165) is 0 Å². The Hall–Kier alpha value is -0.320. The summed E-state index contributed by atoms with van der Waals surface area (Å²) in [6.07, 6.45) is 0. The number of carbonyl (C=O) groups excluding carboxylic acids is 1. The molecule has 0 aliphatic rings. The molecule has 1 aromatic carbocycles. The normalized spacial score (nSPS) is 14.7. The molecule has 0 fully saturated rings. The van der Waals surface area contributed by atoms with E-state index >= 15 is 0 Å². The van der Waals surface area contributed by atoms with Crippen molar-refractivity contribution in [2.75, 3.05) is 0 Å². The highest BCUT2D eigenvalue weighted by atomic mass is 35.5. The van der Waals surface area contributed by atoms with Gasteiger partial charge in [-0.3, -0.25) is 4.79 Å². The molecule has 6 heteroatoms. The van der Waals surface area contributed by atoms with E-state index in [0.29, 0.717) is 0 Å². The Bertz CT molecular complexity index is 351. The van der Waals surface area contributed by atoms with Crippen LogP contribution in [0.1, 0.15) is 32.6 Å². The number of hydrogen-bond acceptors (Lipinski definition) is 3. The lowest BCUT2D eigenvalue weighted by Crippen LogP contribution is -1.99. The highest BCUT2D eigenvalue weighted by molar-refractivity contribution is 6.67. The first kappa shape index (κ1) is 12.7. The molecule has 0 saturated heterocycles. The Labute approximate surface area is 101 Å². The van der Waals surface area contributed by atoms with Crippen LogP contribution >= 0.6 is 34.8 Å². The quantitative estimate of drug-likeness (QED) is 0.655. The molecule has 82 valence electrons. The zero-order chi connectivity index (χ0) is 11.6. The Morgan fingerprint density at radius 1 is 1.07 bits per heavy atom. The Kier molecular flexibility index (Phi) is 4.37. The van der Waals surface area contributed by atoms with Crippen molar-refractivity contribution in [3.05, 3.63) is 34.9 Å². The van der Waals surface area contributed by atoms with Gasteiger partial charge in [-0.2, -0.15) is 0 Å². The van der Waals surface area contributed by atoms with Gasteiger partial charge in [0.15, 0.2) is 11.1 Å². The standard InChI is InChI=1S/C9H7Cl3O3/c10-7(13)4-1-5(8(11)14)3-6(2-4)9(12)15/h1-3,7-8,13-14H/t7-,8?/m1/s1. The number of aliphatic hydroxyl groups is 2. The highest BCUT2D eigenvalue weighted by Gasteiger charge is 2.13. The smallest absolute Gasteiger partial charge is 0.252 e. The van der Waals surface area contributed by atoms with Crippen LogP contribution in [0.3, 0.4) is 0 Å². The Morgan fingerprint density at radius 2 is 1.47 bits per heavy atom. The summed E-state index contributed by atoms with van der Waals surface area (Å²) in [5, 5.41) is 17.5. The zero-order valence-electron chi connectivity index (χ0n) is 7.32. The SMILES string of the molecule is O=C(Cl)c1cc(C(O)Cl)cc([C@@H](O)Cl)c1. The number of aliphatic hydroxyl groups excluding tert-OH is 2. The maximum Gasteiger partial charge on any atom is 0.252 e. The minimum Gasteiger partial charge on any atom is -0.373 e. The number of benzene rings is 1. The van der Waals surface area contributed by atoms with E-state index in [1.807, 2.05) is 0 Å². The van der Waals surface area contributed by atoms with Crippen molar-refractivity contribution in [1.29, 1.82) is 0 Å². The van der Waals surface area contributed by atoms with Crippen LogP contribution in [0.5, 0.6) is 0 Å². The van der Waals surface area contributed by atoms with Gasteiger partial charge in [0.2, 0.25) is 0 Å². The van der Waals surface area contributed by atoms with E-state index in [1.165, 1.54) is 18.2 Å². The second kappa shape index (κ2) is 5.14. The number of carbonyl (C=O) groups is 1. The van der Waals surface area contributed by atoms with E-state index in [1.54, 1.807) is 0 Å². The molecule has 0 spiro atoms. The summed E-state index contributed by atoms with van der Waals surface area (Å²) in [6, 6.07) is 4.05. The van der Waals surface area contributed by atoms with Gasteiger partial charge in [0.25, 0.3) is 5.24 Å². The summed E-state index contributed by atoms with van der Waals surface area (Å²) in [5.41, 5.74) is -1.95. The highest BCUT2D eigenvalue weighted by Crippen LogP contribution is 2.26. The maximum atomic E-state index is 10.9. The van der Waals surface area contributed by atoms with E-state index in [-0.39, 0.29) is 16.7 Å². The van der Waals surface area contributed by atoms with Crippen molar-refractivity contribution >= 4 is 40.0 Å². The molecule has 0 radical (unpaired) electrons. The van der Waals surface area contributed by atoms with Crippen LogP contribution < -0.4 is 0 Å². The molecule has 0 heterocycles. The molecule has 15 heavy (non-hydrogen) atoms. The molecule has 0 bridgehead atoms. The number of halogens is 3. The average Bonchev–Trinajstić information content (AvgIpc) is 2.16. The van der Waals surface area contributed by atoms with Crippen molar-refractivity contribution < 1.29 is 15.0 Å². The molecule has 0 amide bonds. The van der Waals surface area contributed by atoms with E-state index in [9.17, 15) is 4.79 Å². The maximum absolute atomic E-state index is 10.9. The Balaban J connectivity index is 3.26. The largest absolute Gasteiger partial charge is 0.373 e. The first-order chi connectivity index (χ1) is 6.91. The third-order valence-electron chi connectivity index (χ3n) is 1.75. The van der Waals surface area contributed by atoms with E-state index < -0.39 is 16.4 Å². The van der Waals surface area contributed by atoms with Gasteiger partial charge >= 0.3 is 0 Å². The zero-order valence-corrected chi connectivity index (χ0v) is 9.59. The van der Waals surface area contributed by atoms with Crippen molar-refractivity contribution in [2.45, 2.75) is 11.1 Å². The predicted molar refractivity (Wildman–Crippen MR) is 58.3 cm³/mol. The van der Waals surface area contributed by atoms with Gasteiger partial charge in [-0.05, 0) is 40.9 Å². The van der Waals surface area contributed by atoms with Gasteiger partial charge in [0, 0.05) is 5.56 Å². The lowest BCUT2D eigenvalue weighted by atomic mass is 10.1. The van der Waals surface area contributed by atoms with Gasteiger partial charge in [0.05, 0.1) is 0 Å².